The maximum Gasteiger partial charge on any atom is 0.328 e. The molecule has 0 aromatic heterocycles. The highest BCUT2D eigenvalue weighted by Gasteiger charge is 2.23. The number of nitrogens with zero attached hydrogens (tertiary/aromatic N) is 1. The molecule has 1 atom stereocenters. The van der Waals surface area contributed by atoms with Crippen LogP contribution >= 0.6 is 15.9 Å². The van der Waals surface area contributed by atoms with Gasteiger partial charge in [0.05, 0.1) is 17.6 Å². The largest absolute Gasteiger partial charge is 0.394 e. The summed E-state index contributed by atoms with van der Waals surface area (Å²) in [6.07, 6.45) is -1.08. The maximum atomic E-state index is 13.3. The van der Waals surface area contributed by atoms with Crippen LogP contribution in [-0.4, -0.2) is 34.4 Å². The molecule has 0 fully saturated rings. The van der Waals surface area contributed by atoms with E-state index in [1.165, 1.54) is 6.07 Å². The molecule has 17 heavy (non-hydrogen) atoms. The van der Waals surface area contributed by atoms with E-state index in [1.807, 2.05) is 0 Å². The summed E-state index contributed by atoms with van der Waals surface area (Å²) in [5, 5.41) is 30.9. The normalized spacial score (nSPS) is 12.2. The minimum atomic E-state index is -1.08. The molecule has 1 unspecified atom stereocenters. The molecule has 1 rings (SSSR count). The smallest absolute Gasteiger partial charge is 0.328 e. The molecule has 0 spiro atoms. The van der Waals surface area contributed by atoms with Gasteiger partial charge in [-0.25, -0.2) is 0 Å². The number of hydrogen-bond acceptors (Lipinski definition) is 5. The fourth-order valence-corrected chi connectivity index (χ4v) is 1.63. The van der Waals surface area contributed by atoms with Crippen molar-refractivity contribution in [3.63, 3.8) is 0 Å². The van der Waals surface area contributed by atoms with E-state index < -0.39 is 29.1 Å². The highest BCUT2D eigenvalue weighted by Crippen LogP contribution is 2.34. The van der Waals surface area contributed by atoms with Crippen LogP contribution in [0.1, 0.15) is 0 Å². The zero-order chi connectivity index (χ0) is 13.0. The Morgan fingerprint density at radius 2 is 2.24 bits per heavy atom. The second-order valence-electron chi connectivity index (χ2n) is 3.23. The lowest BCUT2D eigenvalue weighted by Gasteiger charge is -2.12. The lowest BCUT2D eigenvalue weighted by atomic mass is 10.2. The van der Waals surface area contributed by atoms with Gasteiger partial charge in [0.1, 0.15) is 5.69 Å². The minimum Gasteiger partial charge on any atom is -0.394 e. The predicted molar refractivity (Wildman–Crippen MR) is 62.3 cm³/mol. The van der Waals surface area contributed by atoms with E-state index in [0.717, 1.165) is 6.07 Å². The number of halogens is 2. The van der Waals surface area contributed by atoms with Gasteiger partial charge in [-0.2, -0.15) is 4.39 Å². The second kappa shape index (κ2) is 5.89. The van der Waals surface area contributed by atoms with Crippen LogP contribution in [0.15, 0.2) is 16.6 Å². The number of aliphatic hydroxyl groups is 2. The van der Waals surface area contributed by atoms with E-state index in [9.17, 15) is 14.5 Å². The van der Waals surface area contributed by atoms with Crippen molar-refractivity contribution in [1.29, 1.82) is 0 Å². The fraction of sp³-hybridized carbons (Fsp3) is 0.333. The molecule has 1 aromatic rings. The van der Waals surface area contributed by atoms with Gasteiger partial charge in [0.2, 0.25) is 5.82 Å². The average Bonchev–Trinajstić information content (AvgIpc) is 2.28. The molecule has 1 aromatic carbocycles. The Kier molecular flexibility index (Phi) is 4.79. The molecule has 0 bridgehead atoms. The van der Waals surface area contributed by atoms with Crippen molar-refractivity contribution in [2.75, 3.05) is 18.5 Å². The Balaban J connectivity index is 3.04. The summed E-state index contributed by atoms with van der Waals surface area (Å²) in [5.74, 6) is -0.973. The summed E-state index contributed by atoms with van der Waals surface area (Å²) in [6.45, 7) is -0.618. The molecule has 0 amide bonds. The Bertz CT molecular complexity index is 430. The van der Waals surface area contributed by atoms with Gasteiger partial charge in [-0.15, -0.1) is 0 Å². The number of rotatable bonds is 5. The van der Waals surface area contributed by atoms with Crippen LogP contribution in [0.25, 0.3) is 0 Å². The number of anilines is 1. The van der Waals surface area contributed by atoms with Crippen LogP contribution in [0, 0.1) is 15.9 Å². The third kappa shape index (κ3) is 3.35. The van der Waals surface area contributed by atoms with Crippen molar-refractivity contribution >= 4 is 27.3 Å². The number of nitro groups is 1. The molecule has 0 aliphatic heterocycles. The topological polar surface area (TPSA) is 95.6 Å². The van der Waals surface area contributed by atoms with Gasteiger partial charge >= 0.3 is 5.69 Å². The second-order valence-corrected chi connectivity index (χ2v) is 4.08. The molecular formula is C9H10BrFN2O4. The highest BCUT2D eigenvalue weighted by molar-refractivity contribution is 9.10. The van der Waals surface area contributed by atoms with Gasteiger partial charge in [-0.05, 0) is 28.1 Å². The van der Waals surface area contributed by atoms with E-state index in [1.54, 1.807) is 0 Å². The minimum absolute atomic E-state index is 0.0671. The van der Waals surface area contributed by atoms with Crippen molar-refractivity contribution in [2.45, 2.75) is 6.10 Å². The van der Waals surface area contributed by atoms with E-state index in [0.29, 0.717) is 4.47 Å². The van der Waals surface area contributed by atoms with Crippen molar-refractivity contribution < 1.29 is 19.5 Å². The fourth-order valence-electron chi connectivity index (χ4n) is 1.17. The van der Waals surface area contributed by atoms with Gasteiger partial charge in [0.15, 0.2) is 0 Å². The molecule has 0 saturated carbocycles. The molecule has 8 heteroatoms. The van der Waals surface area contributed by atoms with Crippen LogP contribution in [0.4, 0.5) is 15.8 Å². The van der Waals surface area contributed by atoms with Gasteiger partial charge in [0, 0.05) is 11.0 Å². The monoisotopic (exact) mass is 308 g/mol. The van der Waals surface area contributed by atoms with Crippen molar-refractivity contribution in [3.8, 4) is 0 Å². The van der Waals surface area contributed by atoms with Crippen LogP contribution in [-0.2, 0) is 0 Å². The van der Waals surface area contributed by atoms with Gasteiger partial charge in [0.25, 0.3) is 0 Å². The highest BCUT2D eigenvalue weighted by atomic mass is 79.9. The SMILES string of the molecule is O=[N+]([O-])c1c(F)ccc(Br)c1NCC(O)CO. The number of benzene rings is 1. The average molecular weight is 309 g/mol. The number of hydrogen-bond donors (Lipinski definition) is 3. The van der Waals surface area contributed by atoms with Crippen LogP contribution in [0.5, 0.6) is 0 Å². The molecule has 94 valence electrons. The van der Waals surface area contributed by atoms with Crippen LogP contribution in [0.2, 0.25) is 0 Å². The third-order valence-electron chi connectivity index (χ3n) is 1.99. The standard InChI is InChI=1S/C9H10BrFN2O4/c10-6-1-2-7(11)9(13(16)17)8(6)12-3-5(15)4-14/h1-2,5,12,14-15H,3-4H2. The maximum absolute atomic E-state index is 13.3. The molecule has 0 aliphatic carbocycles. The van der Waals surface area contributed by atoms with Gasteiger partial charge < -0.3 is 15.5 Å². The first-order chi connectivity index (χ1) is 7.97. The first-order valence-electron chi connectivity index (χ1n) is 4.62. The summed E-state index contributed by atoms with van der Waals surface area (Å²) in [5.41, 5.74) is -0.771. The van der Waals surface area contributed by atoms with Crippen LogP contribution in [0.3, 0.4) is 0 Å². The predicted octanol–water partition coefficient (Wildman–Crippen LogP) is 1.26. The molecule has 6 nitrogen and oxygen atoms in total. The van der Waals surface area contributed by atoms with E-state index in [2.05, 4.69) is 21.2 Å². The lowest BCUT2D eigenvalue weighted by Crippen LogP contribution is -2.23. The van der Waals surface area contributed by atoms with Crippen molar-refractivity contribution in [2.24, 2.45) is 0 Å². The van der Waals surface area contributed by atoms with E-state index in [-0.39, 0.29) is 12.2 Å². The van der Waals surface area contributed by atoms with E-state index >= 15 is 0 Å². The third-order valence-corrected chi connectivity index (χ3v) is 2.65. The molecule has 0 aliphatic rings. The Morgan fingerprint density at radius 1 is 1.59 bits per heavy atom. The van der Waals surface area contributed by atoms with Crippen molar-refractivity contribution in [3.05, 3.63) is 32.5 Å². The molecule has 0 saturated heterocycles. The Hall–Kier alpha value is -1.25. The lowest BCUT2D eigenvalue weighted by molar-refractivity contribution is -0.386. The zero-order valence-electron chi connectivity index (χ0n) is 8.56. The van der Waals surface area contributed by atoms with Crippen LogP contribution < -0.4 is 5.32 Å². The van der Waals surface area contributed by atoms with Gasteiger partial charge in [-0.1, -0.05) is 0 Å². The molecular weight excluding hydrogens is 299 g/mol. The molecule has 0 heterocycles. The molecule has 3 N–H and O–H groups in total. The summed E-state index contributed by atoms with van der Waals surface area (Å²) in [6, 6.07) is 2.28. The Morgan fingerprint density at radius 3 is 2.76 bits per heavy atom. The first kappa shape index (κ1) is 13.8. The summed E-state index contributed by atoms with van der Waals surface area (Å²) >= 11 is 3.04. The number of nitro benzene ring substituents is 1. The number of nitrogens with one attached hydrogen (secondary N) is 1. The number of aliphatic hydroxyl groups excluding tert-OH is 2. The van der Waals surface area contributed by atoms with Gasteiger partial charge in [-0.3, -0.25) is 10.1 Å². The Labute approximate surface area is 104 Å². The summed E-state index contributed by atoms with van der Waals surface area (Å²) in [7, 11) is 0. The van der Waals surface area contributed by atoms with E-state index in [4.69, 9.17) is 10.2 Å². The molecule has 0 radical (unpaired) electrons. The zero-order valence-corrected chi connectivity index (χ0v) is 10.1. The quantitative estimate of drug-likeness (QED) is 0.562. The first-order valence-corrected chi connectivity index (χ1v) is 5.41. The summed E-state index contributed by atoms with van der Waals surface area (Å²) in [4.78, 5) is 9.85. The van der Waals surface area contributed by atoms with Crippen molar-refractivity contribution in [1.82, 2.24) is 0 Å². The summed E-state index contributed by atoms with van der Waals surface area (Å²) < 4.78 is 13.6.